The second-order valence-electron chi connectivity index (χ2n) is 2.80. The quantitative estimate of drug-likeness (QED) is 0.363. The van der Waals surface area contributed by atoms with Crippen LogP contribution >= 0.6 is 12.2 Å². The molecule has 1 aromatic rings. The minimum absolute atomic E-state index is 0.0670. The molecule has 8 heteroatoms. The highest BCUT2D eigenvalue weighted by Crippen LogP contribution is 2.30. The Labute approximate surface area is 94.9 Å². The van der Waals surface area contributed by atoms with Gasteiger partial charge in [-0.3, -0.25) is 16.3 Å². The van der Waals surface area contributed by atoms with Gasteiger partial charge in [0.1, 0.15) is 0 Å². The van der Waals surface area contributed by atoms with Crippen molar-refractivity contribution in [3.63, 3.8) is 0 Å². The first-order valence-electron chi connectivity index (χ1n) is 4.13. The number of hydrazine groups is 2. The van der Waals surface area contributed by atoms with Crippen LogP contribution in [0.2, 0.25) is 0 Å². The summed E-state index contributed by atoms with van der Waals surface area (Å²) >= 11 is 4.63. The fourth-order valence-electron chi connectivity index (χ4n) is 0.938. The minimum atomic E-state index is -4.37. The summed E-state index contributed by atoms with van der Waals surface area (Å²) in [7, 11) is 0. The van der Waals surface area contributed by atoms with Gasteiger partial charge in [0.15, 0.2) is 5.11 Å². The molecule has 0 atom stereocenters. The van der Waals surface area contributed by atoms with Crippen LogP contribution in [-0.2, 0) is 6.18 Å². The van der Waals surface area contributed by atoms with E-state index >= 15 is 0 Å². The van der Waals surface area contributed by atoms with Gasteiger partial charge in [-0.25, -0.2) is 5.84 Å². The van der Waals surface area contributed by atoms with Crippen LogP contribution in [0.25, 0.3) is 0 Å². The monoisotopic (exact) mass is 250 g/mol. The molecule has 0 radical (unpaired) electrons. The number of hydrogen-bond donors (Lipinski definition) is 4. The summed E-state index contributed by atoms with van der Waals surface area (Å²) in [4.78, 5) is 0. The normalized spacial score (nSPS) is 10.8. The molecule has 0 saturated carbocycles. The summed E-state index contributed by atoms with van der Waals surface area (Å²) in [6.45, 7) is 0. The van der Waals surface area contributed by atoms with E-state index in [0.29, 0.717) is 0 Å². The number of halogens is 3. The van der Waals surface area contributed by atoms with E-state index in [1.165, 1.54) is 12.1 Å². The molecular weight excluding hydrogens is 241 g/mol. The highest BCUT2D eigenvalue weighted by atomic mass is 32.1. The summed E-state index contributed by atoms with van der Waals surface area (Å²) in [5, 5.41) is 0.0670. The zero-order valence-electron chi connectivity index (χ0n) is 7.93. The van der Waals surface area contributed by atoms with E-state index in [-0.39, 0.29) is 10.8 Å². The molecule has 4 nitrogen and oxygen atoms in total. The highest BCUT2D eigenvalue weighted by Gasteiger charge is 2.30. The van der Waals surface area contributed by atoms with Crippen molar-refractivity contribution >= 4 is 23.0 Å². The molecular formula is C8H9F3N4S. The number of hydrogen-bond acceptors (Lipinski definition) is 3. The second kappa shape index (κ2) is 4.99. The predicted molar refractivity (Wildman–Crippen MR) is 58.1 cm³/mol. The number of anilines is 1. The molecule has 0 heterocycles. The van der Waals surface area contributed by atoms with E-state index < -0.39 is 11.7 Å². The Bertz CT molecular complexity index is 380. The van der Waals surface area contributed by atoms with Gasteiger partial charge < -0.3 is 0 Å². The van der Waals surface area contributed by atoms with Crippen LogP contribution in [0.4, 0.5) is 18.9 Å². The number of rotatable bonds is 2. The zero-order chi connectivity index (χ0) is 12.2. The van der Waals surface area contributed by atoms with Crippen molar-refractivity contribution in [2.24, 2.45) is 5.84 Å². The summed E-state index contributed by atoms with van der Waals surface area (Å²) in [5.74, 6) is 4.96. The molecule has 0 fully saturated rings. The molecule has 0 bridgehead atoms. The highest BCUT2D eigenvalue weighted by molar-refractivity contribution is 7.80. The lowest BCUT2D eigenvalue weighted by atomic mass is 10.2. The van der Waals surface area contributed by atoms with E-state index in [1.807, 2.05) is 0 Å². The summed E-state index contributed by atoms with van der Waals surface area (Å²) in [6, 6.07) is 4.67. The maximum atomic E-state index is 12.3. The minimum Gasteiger partial charge on any atom is -0.300 e. The summed E-state index contributed by atoms with van der Waals surface area (Å²) < 4.78 is 37.0. The summed E-state index contributed by atoms with van der Waals surface area (Å²) in [6.07, 6.45) is -4.37. The number of nitrogens with two attached hydrogens (primary N) is 1. The van der Waals surface area contributed by atoms with Gasteiger partial charge in [-0.1, -0.05) is 6.07 Å². The first kappa shape index (κ1) is 12.5. The molecule has 0 saturated heterocycles. The Kier molecular flexibility index (Phi) is 3.91. The van der Waals surface area contributed by atoms with E-state index in [4.69, 9.17) is 5.84 Å². The third-order valence-electron chi connectivity index (χ3n) is 1.64. The number of nitrogens with one attached hydrogen (secondary N) is 3. The van der Waals surface area contributed by atoms with Crippen LogP contribution in [0.1, 0.15) is 5.56 Å². The van der Waals surface area contributed by atoms with Crippen LogP contribution in [0.15, 0.2) is 24.3 Å². The van der Waals surface area contributed by atoms with Crippen molar-refractivity contribution < 1.29 is 13.2 Å². The predicted octanol–water partition coefficient (Wildman–Crippen LogP) is 1.37. The standard InChI is InChI=1S/C8H9F3N4S/c9-8(10,11)5-2-1-3-6(4-5)14-15-7(16)13-12/h1-4,14H,12H2,(H2,13,15,16). The van der Waals surface area contributed by atoms with Gasteiger partial charge in [-0.05, 0) is 30.4 Å². The van der Waals surface area contributed by atoms with Crippen molar-refractivity contribution in [3.8, 4) is 0 Å². The molecule has 16 heavy (non-hydrogen) atoms. The lowest BCUT2D eigenvalue weighted by Crippen LogP contribution is -2.42. The maximum Gasteiger partial charge on any atom is 0.416 e. The molecule has 0 unspecified atom stereocenters. The molecule has 1 rings (SSSR count). The van der Waals surface area contributed by atoms with Crippen molar-refractivity contribution in [3.05, 3.63) is 29.8 Å². The van der Waals surface area contributed by atoms with Crippen LogP contribution in [0, 0.1) is 0 Å². The van der Waals surface area contributed by atoms with Gasteiger partial charge in [0.2, 0.25) is 0 Å². The Morgan fingerprint density at radius 3 is 2.56 bits per heavy atom. The molecule has 5 N–H and O–H groups in total. The van der Waals surface area contributed by atoms with Gasteiger partial charge in [0.05, 0.1) is 11.3 Å². The Morgan fingerprint density at radius 2 is 2.00 bits per heavy atom. The average molecular weight is 250 g/mol. The largest absolute Gasteiger partial charge is 0.416 e. The lowest BCUT2D eigenvalue weighted by Gasteiger charge is -2.12. The van der Waals surface area contributed by atoms with Crippen LogP contribution < -0.4 is 22.1 Å². The smallest absolute Gasteiger partial charge is 0.300 e. The molecule has 0 spiro atoms. The molecule has 0 aliphatic rings. The third kappa shape index (κ3) is 3.55. The zero-order valence-corrected chi connectivity index (χ0v) is 8.75. The van der Waals surface area contributed by atoms with Crippen molar-refractivity contribution in [1.29, 1.82) is 0 Å². The fourth-order valence-corrected chi connectivity index (χ4v) is 0.989. The van der Waals surface area contributed by atoms with Gasteiger partial charge in [-0.15, -0.1) is 0 Å². The van der Waals surface area contributed by atoms with E-state index in [1.54, 1.807) is 0 Å². The first-order valence-corrected chi connectivity index (χ1v) is 4.54. The molecule has 1 aromatic carbocycles. The molecule has 0 amide bonds. The Hall–Kier alpha value is -1.54. The van der Waals surface area contributed by atoms with Gasteiger partial charge in [-0.2, -0.15) is 13.2 Å². The van der Waals surface area contributed by atoms with Gasteiger partial charge in [0.25, 0.3) is 0 Å². The SMILES string of the molecule is NNC(=S)NNc1cccc(C(F)(F)F)c1. The lowest BCUT2D eigenvalue weighted by molar-refractivity contribution is -0.137. The average Bonchev–Trinajstić information content (AvgIpc) is 2.25. The molecule has 0 aliphatic heterocycles. The van der Waals surface area contributed by atoms with Crippen molar-refractivity contribution in [2.45, 2.75) is 6.18 Å². The topological polar surface area (TPSA) is 62.1 Å². The molecule has 0 aromatic heterocycles. The van der Waals surface area contributed by atoms with Crippen LogP contribution in [0.3, 0.4) is 0 Å². The van der Waals surface area contributed by atoms with Gasteiger partial charge >= 0.3 is 6.18 Å². The Balaban J connectivity index is 2.72. The number of thiocarbonyl (C=S) groups is 1. The molecule has 0 aliphatic carbocycles. The van der Waals surface area contributed by atoms with Crippen molar-refractivity contribution in [1.82, 2.24) is 10.9 Å². The number of benzene rings is 1. The second-order valence-corrected chi connectivity index (χ2v) is 3.21. The molecule has 88 valence electrons. The van der Waals surface area contributed by atoms with E-state index in [0.717, 1.165) is 12.1 Å². The van der Waals surface area contributed by atoms with Crippen LogP contribution in [-0.4, -0.2) is 5.11 Å². The van der Waals surface area contributed by atoms with Crippen molar-refractivity contribution in [2.75, 3.05) is 5.43 Å². The van der Waals surface area contributed by atoms with E-state index in [9.17, 15) is 13.2 Å². The van der Waals surface area contributed by atoms with Crippen LogP contribution in [0.5, 0.6) is 0 Å². The first-order chi connectivity index (χ1) is 7.43. The maximum absolute atomic E-state index is 12.3. The van der Waals surface area contributed by atoms with E-state index in [2.05, 4.69) is 28.5 Å². The summed E-state index contributed by atoms with van der Waals surface area (Å²) in [5.41, 5.74) is 6.48. The Morgan fingerprint density at radius 1 is 1.31 bits per heavy atom. The fraction of sp³-hybridized carbons (Fsp3) is 0.125. The number of alkyl halides is 3. The third-order valence-corrected chi connectivity index (χ3v) is 1.86. The van der Waals surface area contributed by atoms with Gasteiger partial charge in [0, 0.05) is 0 Å².